The molecule has 0 amide bonds. The molecule has 0 aliphatic heterocycles. The van der Waals surface area contributed by atoms with Crippen LogP contribution in [0.5, 0.6) is 0 Å². The molecule has 0 bridgehead atoms. The molecule has 45 heavy (non-hydrogen) atoms. The highest BCUT2D eigenvalue weighted by molar-refractivity contribution is 5.75. The molecule has 0 aromatic carbocycles. The fourth-order valence-electron chi connectivity index (χ4n) is 6.43. The van der Waals surface area contributed by atoms with Gasteiger partial charge in [0.1, 0.15) is 0 Å². The lowest BCUT2D eigenvalue weighted by Gasteiger charge is -2.07. The zero-order chi connectivity index (χ0) is 32.9. The average molecular weight is 647 g/mol. The van der Waals surface area contributed by atoms with Crippen molar-refractivity contribution < 1.29 is 22.7 Å². The van der Waals surface area contributed by atoms with Gasteiger partial charge in [-0.05, 0) is 6.42 Å². The van der Waals surface area contributed by atoms with Crippen LogP contribution in [0.4, 0.5) is 13.2 Å². The molecule has 0 rings (SSSR count). The summed E-state index contributed by atoms with van der Waals surface area (Å²) in [5.41, 5.74) is 0. The molecule has 0 aromatic heterocycles. The van der Waals surface area contributed by atoms with Crippen LogP contribution in [-0.2, 0) is 9.53 Å². The Labute approximate surface area is 279 Å². The van der Waals surface area contributed by atoms with Crippen LogP contribution in [0.15, 0.2) is 0 Å². The Bertz CT molecular complexity index is 578. The van der Waals surface area contributed by atoms with Gasteiger partial charge in [-0.2, -0.15) is 13.2 Å². The number of ether oxygens (including phenoxy) is 1. The summed E-state index contributed by atoms with van der Waals surface area (Å²) in [6.07, 6.45) is 43.9. The third-order valence-electron chi connectivity index (χ3n) is 9.46. The second kappa shape index (κ2) is 36.1. The molecule has 0 spiro atoms. The first kappa shape index (κ1) is 44.3. The Morgan fingerprint density at radius 3 is 0.711 bits per heavy atom. The lowest BCUT2D eigenvalue weighted by molar-refractivity contribution is -0.199. The van der Waals surface area contributed by atoms with E-state index < -0.39 is 12.1 Å². The van der Waals surface area contributed by atoms with E-state index in [-0.39, 0.29) is 6.61 Å². The zero-order valence-corrected chi connectivity index (χ0v) is 30.1. The van der Waals surface area contributed by atoms with Gasteiger partial charge in [-0.15, -0.1) is 0 Å². The van der Waals surface area contributed by atoms with E-state index in [1.807, 2.05) is 0 Å². The van der Waals surface area contributed by atoms with Gasteiger partial charge in [0.05, 0.1) is 6.61 Å². The molecule has 0 unspecified atom stereocenters. The van der Waals surface area contributed by atoms with Crippen LogP contribution in [0, 0.1) is 0 Å². The van der Waals surface area contributed by atoms with Gasteiger partial charge < -0.3 is 4.74 Å². The van der Waals surface area contributed by atoms with Crippen molar-refractivity contribution in [2.75, 3.05) is 6.61 Å². The van der Waals surface area contributed by atoms with Gasteiger partial charge in [0.25, 0.3) is 0 Å². The molecule has 5 heteroatoms. The average Bonchev–Trinajstić information content (AvgIpc) is 3.02. The second-order valence-corrected chi connectivity index (χ2v) is 14.0. The van der Waals surface area contributed by atoms with Crippen molar-refractivity contribution in [1.29, 1.82) is 0 Å². The molecular weight excluding hydrogens is 569 g/mol. The number of carbonyl (C=O) groups excluding carboxylic acids is 1. The van der Waals surface area contributed by atoms with Crippen LogP contribution < -0.4 is 0 Å². The Kier molecular flexibility index (Phi) is 35.5. The summed E-state index contributed by atoms with van der Waals surface area (Å²) in [6.45, 7) is 2.17. The molecule has 2 nitrogen and oxygen atoms in total. The molecule has 0 radical (unpaired) electrons. The predicted molar refractivity (Wildman–Crippen MR) is 189 cm³/mol. The molecule has 0 aromatic rings. The Morgan fingerprint density at radius 2 is 0.533 bits per heavy atom. The summed E-state index contributed by atoms with van der Waals surface area (Å²) in [5, 5.41) is 0. The highest BCUT2D eigenvalue weighted by Crippen LogP contribution is 2.18. The first-order chi connectivity index (χ1) is 22.0. The summed E-state index contributed by atoms with van der Waals surface area (Å²) in [4.78, 5) is 10.6. The largest absolute Gasteiger partial charge is 0.490 e. The normalized spacial score (nSPS) is 11.8. The Morgan fingerprint density at radius 1 is 0.356 bits per heavy atom. The van der Waals surface area contributed by atoms with Gasteiger partial charge in [-0.25, -0.2) is 4.79 Å². The fraction of sp³-hybridized carbons (Fsp3) is 0.975. The number of halogens is 3. The standard InChI is InChI=1S/C40H77F3O2/c1-2-3-4-5-6-7-8-9-10-11-12-13-14-15-16-17-18-19-20-21-22-23-24-25-26-27-28-29-30-31-32-33-34-35-36-37-38-45-39(44)40(41,42)43/h2-38H2,1H3. The van der Waals surface area contributed by atoms with E-state index in [1.165, 1.54) is 205 Å². The maximum Gasteiger partial charge on any atom is 0.490 e. The molecule has 0 atom stereocenters. The smallest absolute Gasteiger partial charge is 0.459 e. The third kappa shape index (κ3) is 37.6. The lowest BCUT2D eigenvalue weighted by Crippen LogP contribution is -2.25. The number of carbonyl (C=O) groups is 1. The summed E-state index contributed by atoms with van der Waals surface area (Å²) >= 11 is 0. The monoisotopic (exact) mass is 647 g/mol. The summed E-state index contributed by atoms with van der Waals surface area (Å²) < 4.78 is 40.3. The Hall–Kier alpha value is -0.740. The number of rotatable bonds is 37. The van der Waals surface area contributed by atoms with Gasteiger partial charge in [0, 0.05) is 0 Å². The summed E-state index contributed by atoms with van der Waals surface area (Å²) in [6, 6.07) is 0. The number of alkyl halides is 3. The number of esters is 1. The molecular formula is C40H77F3O2. The van der Waals surface area contributed by atoms with E-state index in [9.17, 15) is 18.0 Å². The van der Waals surface area contributed by atoms with Crippen molar-refractivity contribution in [3.8, 4) is 0 Å². The van der Waals surface area contributed by atoms with E-state index in [0.717, 1.165) is 19.3 Å². The molecule has 270 valence electrons. The number of unbranched alkanes of at least 4 members (excludes halogenated alkanes) is 35. The molecule has 0 aliphatic carbocycles. The van der Waals surface area contributed by atoms with E-state index in [4.69, 9.17) is 0 Å². The highest BCUT2D eigenvalue weighted by atomic mass is 19.4. The minimum atomic E-state index is -4.87. The van der Waals surface area contributed by atoms with Crippen molar-refractivity contribution in [2.24, 2.45) is 0 Å². The van der Waals surface area contributed by atoms with Crippen molar-refractivity contribution in [3.63, 3.8) is 0 Å². The van der Waals surface area contributed by atoms with Crippen molar-refractivity contribution in [3.05, 3.63) is 0 Å². The van der Waals surface area contributed by atoms with Crippen LogP contribution in [0.1, 0.15) is 238 Å². The topological polar surface area (TPSA) is 26.3 Å². The molecule has 0 N–H and O–H groups in total. The molecule has 0 aliphatic rings. The SMILES string of the molecule is CCCCCCCCCCCCCCCCCCCCCCCCCCCCCCCCCCCCCCOC(=O)C(F)(F)F. The van der Waals surface area contributed by atoms with E-state index in [1.54, 1.807) is 0 Å². The van der Waals surface area contributed by atoms with Crippen LogP contribution >= 0.6 is 0 Å². The highest BCUT2D eigenvalue weighted by Gasteiger charge is 2.40. The molecule has 0 saturated carbocycles. The molecule has 0 fully saturated rings. The predicted octanol–water partition coefficient (Wildman–Crippen LogP) is 15.2. The van der Waals surface area contributed by atoms with Crippen LogP contribution in [0.2, 0.25) is 0 Å². The Balaban J connectivity index is 3.08. The van der Waals surface area contributed by atoms with Crippen LogP contribution in [-0.4, -0.2) is 18.8 Å². The van der Waals surface area contributed by atoms with E-state index >= 15 is 0 Å². The number of hydrogen-bond donors (Lipinski definition) is 0. The van der Waals surface area contributed by atoms with Gasteiger partial charge in [0.15, 0.2) is 0 Å². The first-order valence-electron chi connectivity index (χ1n) is 20.2. The van der Waals surface area contributed by atoms with Crippen molar-refractivity contribution in [1.82, 2.24) is 0 Å². The summed E-state index contributed by atoms with van der Waals surface area (Å²) in [7, 11) is 0. The number of hydrogen-bond acceptors (Lipinski definition) is 2. The van der Waals surface area contributed by atoms with E-state index in [0.29, 0.717) is 6.42 Å². The zero-order valence-electron chi connectivity index (χ0n) is 30.1. The minimum Gasteiger partial charge on any atom is -0.459 e. The third-order valence-corrected chi connectivity index (χ3v) is 9.46. The van der Waals surface area contributed by atoms with Gasteiger partial charge >= 0.3 is 12.1 Å². The fourth-order valence-corrected chi connectivity index (χ4v) is 6.43. The maximum absolute atomic E-state index is 12.0. The van der Waals surface area contributed by atoms with Gasteiger partial charge in [0.2, 0.25) is 0 Å². The second-order valence-electron chi connectivity index (χ2n) is 14.0. The van der Waals surface area contributed by atoms with Gasteiger partial charge in [-0.3, -0.25) is 0 Å². The lowest BCUT2D eigenvalue weighted by atomic mass is 10.0. The molecule has 0 saturated heterocycles. The van der Waals surface area contributed by atoms with Gasteiger partial charge in [-0.1, -0.05) is 232 Å². The molecule has 0 heterocycles. The maximum atomic E-state index is 12.0. The van der Waals surface area contributed by atoms with E-state index in [2.05, 4.69) is 11.7 Å². The van der Waals surface area contributed by atoms with Crippen LogP contribution in [0.3, 0.4) is 0 Å². The summed E-state index contributed by atoms with van der Waals surface area (Å²) in [5.74, 6) is -2.07. The van der Waals surface area contributed by atoms with Crippen molar-refractivity contribution >= 4 is 5.97 Å². The quantitative estimate of drug-likeness (QED) is 0.0496. The first-order valence-corrected chi connectivity index (χ1v) is 20.2. The van der Waals surface area contributed by atoms with Crippen molar-refractivity contribution in [2.45, 2.75) is 244 Å². The van der Waals surface area contributed by atoms with Crippen LogP contribution in [0.25, 0.3) is 0 Å². The minimum absolute atomic E-state index is 0.127.